The topological polar surface area (TPSA) is 49.8 Å². The minimum atomic E-state index is -0.147. The summed E-state index contributed by atoms with van der Waals surface area (Å²) < 4.78 is 4.98. The molecule has 1 N–H and O–H groups in total. The van der Waals surface area contributed by atoms with Crippen LogP contribution in [-0.4, -0.2) is 47.8 Å². The second-order valence-electron chi connectivity index (χ2n) is 5.79. The summed E-state index contributed by atoms with van der Waals surface area (Å²) in [5.41, 5.74) is 0.0941. The Kier molecular flexibility index (Phi) is 4.95. The van der Waals surface area contributed by atoms with Crippen molar-refractivity contribution < 1.29 is 14.6 Å². The van der Waals surface area contributed by atoms with E-state index in [1.807, 2.05) is 6.92 Å². The maximum absolute atomic E-state index is 11.5. The molecular weight excluding hydrogens is 218 g/mol. The number of aliphatic hydroxyl groups is 1. The average Bonchev–Trinajstić information content (AvgIpc) is 2.60. The zero-order valence-corrected chi connectivity index (χ0v) is 11.4. The van der Waals surface area contributed by atoms with E-state index < -0.39 is 0 Å². The number of carbonyl (C=O) groups excluding carboxylic acids is 1. The van der Waals surface area contributed by atoms with Crippen LogP contribution in [0.5, 0.6) is 0 Å². The van der Waals surface area contributed by atoms with Crippen LogP contribution < -0.4 is 0 Å². The molecule has 2 unspecified atom stereocenters. The molecule has 1 aliphatic rings. The van der Waals surface area contributed by atoms with Crippen LogP contribution in [-0.2, 0) is 9.53 Å². The standard InChI is InChI=1S/C13H25NO3/c1-5-17-12(16)6-10-7-14(13(2,3)4)8-11(10)9-15/h10-11,15H,5-9H2,1-4H3. The summed E-state index contributed by atoms with van der Waals surface area (Å²) in [5.74, 6) is 0.267. The van der Waals surface area contributed by atoms with Crippen LogP contribution in [0.25, 0.3) is 0 Å². The molecule has 0 aromatic heterocycles. The van der Waals surface area contributed by atoms with Gasteiger partial charge in [-0.2, -0.15) is 0 Å². The number of carbonyl (C=O) groups is 1. The molecule has 0 saturated carbocycles. The van der Waals surface area contributed by atoms with Gasteiger partial charge in [-0.3, -0.25) is 9.69 Å². The van der Waals surface area contributed by atoms with Crippen LogP contribution in [0.4, 0.5) is 0 Å². The third kappa shape index (κ3) is 3.96. The van der Waals surface area contributed by atoms with Crippen molar-refractivity contribution in [2.24, 2.45) is 11.8 Å². The molecule has 0 bridgehead atoms. The molecule has 4 nitrogen and oxygen atoms in total. The van der Waals surface area contributed by atoms with Gasteiger partial charge in [0, 0.05) is 31.7 Å². The Morgan fingerprint density at radius 1 is 1.35 bits per heavy atom. The molecule has 0 radical (unpaired) electrons. The van der Waals surface area contributed by atoms with Crippen LogP contribution in [0.15, 0.2) is 0 Å². The Morgan fingerprint density at radius 2 is 1.94 bits per heavy atom. The van der Waals surface area contributed by atoms with E-state index in [1.54, 1.807) is 0 Å². The highest BCUT2D eigenvalue weighted by molar-refractivity contribution is 5.69. The molecule has 1 heterocycles. The summed E-state index contributed by atoms with van der Waals surface area (Å²) in [6.07, 6.45) is 0.422. The zero-order chi connectivity index (χ0) is 13.1. The SMILES string of the molecule is CCOC(=O)CC1CN(C(C)(C)C)CC1CO. The first-order valence-electron chi connectivity index (χ1n) is 6.40. The lowest BCUT2D eigenvalue weighted by Crippen LogP contribution is -2.40. The predicted octanol–water partition coefficient (Wildman–Crippen LogP) is 1.28. The average molecular weight is 243 g/mol. The van der Waals surface area contributed by atoms with Gasteiger partial charge in [-0.15, -0.1) is 0 Å². The van der Waals surface area contributed by atoms with Crippen LogP contribution in [0.3, 0.4) is 0 Å². The summed E-state index contributed by atoms with van der Waals surface area (Å²) in [6.45, 7) is 10.6. The highest BCUT2D eigenvalue weighted by Gasteiger charge is 2.38. The lowest BCUT2D eigenvalue weighted by Gasteiger charge is -2.31. The van der Waals surface area contributed by atoms with E-state index in [2.05, 4.69) is 25.7 Å². The Hall–Kier alpha value is -0.610. The molecule has 2 atom stereocenters. The van der Waals surface area contributed by atoms with Gasteiger partial charge < -0.3 is 9.84 Å². The maximum atomic E-state index is 11.5. The lowest BCUT2D eigenvalue weighted by atomic mass is 9.94. The largest absolute Gasteiger partial charge is 0.466 e. The van der Waals surface area contributed by atoms with E-state index in [0.29, 0.717) is 13.0 Å². The Labute approximate surface area is 104 Å². The first-order valence-corrected chi connectivity index (χ1v) is 6.40. The van der Waals surface area contributed by atoms with E-state index in [1.165, 1.54) is 0 Å². The molecule has 0 spiro atoms. The second kappa shape index (κ2) is 5.83. The minimum Gasteiger partial charge on any atom is -0.466 e. The number of rotatable bonds is 4. The Morgan fingerprint density at radius 3 is 2.41 bits per heavy atom. The van der Waals surface area contributed by atoms with E-state index in [9.17, 15) is 9.90 Å². The lowest BCUT2D eigenvalue weighted by molar-refractivity contribution is -0.144. The number of aliphatic hydroxyl groups excluding tert-OH is 1. The predicted molar refractivity (Wildman–Crippen MR) is 66.6 cm³/mol. The molecule has 0 aliphatic carbocycles. The number of likely N-dealkylation sites (tertiary alicyclic amines) is 1. The van der Waals surface area contributed by atoms with E-state index in [4.69, 9.17) is 4.74 Å². The van der Waals surface area contributed by atoms with Crippen molar-refractivity contribution in [1.82, 2.24) is 4.90 Å². The number of ether oxygens (including phenoxy) is 1. The van der Waals surface area contributed by atoms with Crippen molar-refractivity contribution in [3.63, 3.8) is 0 Å². The first kappa shape index (κ1) is 14.5. The van der Waals surface area contributed by atoms with Gasteiger partial charge in [0.25, 0.3) is 0 Å². The molecular formula is C13H25NO3. The smallest absolute Gasteiger partial charge is 0.306 e. The highest BCUT2D eigenvalue weighted by Crippen LogP contribution is 2.31. The van der Waals surface area contributed by atoms with Crippen molar-refractivity contribution >= 4 is 5.97 Å². The highest BCUT2D eigenvalue weighted by atomic mass is 16.5. The third-order valence-corrected chi connectivity index (χ3v) is 3.49. The fourth-order valence-electron chi connectivity index (χ4n) is 2.36. The summed E-state index contributed by atoms with van der Waals surface area (Å²) in [5, 5.41) is 9.38. The monoisotopic (exact) mass is 243 g/mol. The minimum absolute atomic E-state index is 0.0941. The van der Waals surface area contributed by atoms with Gasteiger partial charge in [-0.05, 0) is 39.5 Å². The Balaban J connectivity index is 2.57. The van der Waals surface area contributed by atoms with Gasteiger partial charge in [-0.25, -0.2) is 0 Å². The molecule has 4 heteroatoms. The maximum Gasteiger partial charge on any atom is 0.306 e. The van der Waals surface area contributed by atoms with Gasteiger partial charge >= 0.3 is 5.97 Å². The molecule has 0 aromatic carbocycles. The molecule has 1 rings (SSSR count). The molecule has 0 amide bonds. The molecule has 1 fully saturated rings. The summed E-state index contributed by atoms with van der Waals surface area (Å²) >= 11 is 0. The summed E-state index contributed by atoms with van der Waals surface area (Å²) in [6, 6.07) is 0. The van der Waals surface area contributed by atoms with Gasteiger partial charge in [0.2, 0.25) is 0 Å². The number of esters is 1. The fourth-order valence-corrected chi connectivity index (χ4v) is 2.36. The van der Waals surface area contributed by atoms with E-state index in [-0.39, 0.29) is 30.0 Å². The van der Waals surface area contributed by atoms with Crippen LogP contribution >= 0.6 is 0 Å². The quantitative estimate of drug-likeness (QED) is 0.756. The van der Waals surface area contributed by atoms with Gasteiger partial charge in [-0.1, -0.05) is 0 Å². The molecule has 100 valence electrons. The van der Waals surface area contributed by atoms with Gasteiger partial charge in [0.1, 0.15) is 0 Å². The summed E-state index contributed by atoms with van der Waals surface area (Å²) in [7, 11) is 0. The van der Waals surface area contributed by atoms with Crippen LogP contribution in [0, 0.1) is 11.8 Å². The number of hydrogen-bond acceptors (Lipinski definition) is 4. The Bertz CT molecular complexity index is 260. The second-order valence-corrected chi connectivity index (χ2v) is 5.79. The molecule has 1 saturated heterocycles. The van der Waals surface area contributed by atoms with Crippen LogP contribution in [0.1, 0.15) is 34.1 Å². The molecule has 17 heavy (non-hydrogen) atoms. The normalized spacial score (nSPS) is 26.2. The van der Waals surface area contributed by atoms with Crippen molar-refractivity contribution in [1.29, 1.82) is 0 Å². The van der Waals surface area contributed by atoms with Gasteiger partial charge in [0.15, 0.2) is 0 Å². The molecule has 0 aromatic rings. The first-order chi connectivity index (χ1) is 7.88. The summed E-state index contributed by atoms with van der Waals surface area (Å²) in [4.78, 5) is 13.8. The zero-order valence-electron chi connectivity index (χ0n) is 11.4. The number of hydrogen-bond donors (Lipinski definition) is 1. The van der Waals surface area contributed by atoms with E-state index in [0.717, 1.165) is 13.1 Å². The fraction of sp³-hybridized carbons (Fsp3) is 0.923. The van der Waals surface area contributed by atoms with Crippen LogP contribution in [0.2, 0.25) is 0 Å². The van der Waals surface area contributed by atoms with Crippen molar-refractivity contribution in [3.05, 3.63) is 0 Å². The van der Waals surface area contributed by atoms with Crippen molar-refractivity contribution in [3.8, 4) is 0 Å². The third-order valence-electron chi connectivity index (χ3n) is 3.49. The van der Waals surface area contributed by atoms with Gasteiger partial charge in [0.05, 0.1) is 6.61 Å². The van der Waals surface area contributed by atoms with Crippen molar-refractivity contribution in [2.45, 2.75) is 39.7 Å². The van der Waals surface area contributed by atoms with Crippen molar-refractivity contribution in [2.75, 3.05) is 26.3 Å². The van der Waals surface area contributed by atoms with E-state index >= 15 is 0 Å². The number of nitrogens with zero attached hydrogens (tertiary/aromatic N) is 1. The molecule has 1 aliphatic heterocycles.